The number of rotatable bonds is 2. The van der Waals surface area contributed by atoms with Crippen LogP contribution >= 0.6 is 23.1 Å². The van der Waals surface area contributed by atoms with Gasteiger partial charge in [-0.05, 0) is 30.3 Å². The molecular formula is C15H8ClFN4OS. The minimum atomic E-state index is -0.351. The number of hydrogen-bond acceptors (Lipinski definition) is 5. The van der Waals surface area contributed by atoms with E-state index in [0.717, 1.165) is 0 Å². The van der Waals surface area contributed by atoms with Crippen LogP contribution in [0.25, 0.3) is 17.3 Å². The summed E-state index contributed by atoms with van der Waals surface area (Å²) in [5, 5.41) is 4.79. The van der Waals surface area contributed by atoms with Crippen molar-refractivity contribution in [3.8, 4) is 11.5 Å². The van der Waals surface area contributed by atoms with Crippen molar-refractivity contribution >= 4 is 34.7 Å². The summed E-state index contributed by atoms with van der Waals surface area (Å²) in [5.41, 5.74) is 1.17. The van der Waals surface area contributed by atoms with E-state index < -0.39 is 0 Å². The first-order chi connectivity index (χ1) is 11.2. The molecule has 0 amide bonds. The zero-order valence-electron chi connectivity index (χ0n) is 11.5. The average molecular weight is 347 g/mol. The van der Waals surface area contributed by atoms with Crippen LogP contribution in [-0.2, 0) is 0 Å². The maximum absolute atomic E-state index is 13.3. The highest BCUT2D eigenvalue weighted by Gasteiger charge is 2.11. The molecule has 0 radical (unpaired) electrons. The summed E-state index contributed by atoms with van der Waals surface area (Å²) >= 11 is 7.27. The Bertz CT molecular complexity index is 1030. The van der Waals surface area contributed by atoms with Crippen molar-refractivity contribution in [1.82, 2.24) is 14.0 Å². The van der Waals surface area contributed by atoms with Gasteiger partial charge in [0.15, 0.2) is 0 Å². The Balaban J connectivity index is 1.76. The molecule has 0 spiro atoms. The molecule has 8 heteroatoms. The van der Waals surface area contributed by atoms with Crippen LogP contribution in [0.5, 0.6) is 0 Å². The Hall–Kier alpha value is -2.51. The second kappa shape index (κ2) is 5.60. The smallest absolute Gasteiger partial charge is 0.337 e. The number of hydrogen-bond donors (Lipinski definition) is 0. The number of nitrogens with zero attached hydrogens (tertiary/aromatic N) is 4. The van der Waals surface area contributed by atoms with E-state index in [1.165, 1.54) is 27.6 Å². The first-order valence-electron chi connectivity index (χ1n) is 6.61. The third-order valence-corrected chi connectivity index (χ3v) is 4.11. The topological polar surface area (TPSA) is 55.7 Å². The van der Waals surface area contributed by atoms with Crippen LogP contribution in [0.15, 0.2) is 57.9 Å². The van der Waals surface area contributed by atoms with E-state index in [-0.39, 0.29) is 5.82 Å². The maximum atomic E-state index is 13.3. The van der Waals surface area contributed by atoms with Crippen LogP contribution in [-0.4, -0.2) is 14.0 Å². The molecule has 4 rings (SSSR count). The van der Waals surface area contributed by atoms with Crippen LogP contribution in [0.4, 0.5) is 10.1 Å². The van der Waals surface area contributed by atoms with Gasteiger partial charge >= 0.3 is 5.84 Å². The van der Waals surface area contributed by atoms with Crippen molar-refractivity contribution in [2.45, 2.75) is 0 Å². The van der Waals surface area contributed by atoms with Crippen LogP contribution in [0.2, 0.25) is 5.02 Å². The number of aromatic nitrogens is 3. The molecule has 0 aliphatic rings. The minimum absolute atomic E-state index is 0.292. The van der Waals surface area contributed by atoms with E-state index in [0.29, 0.717) is 32.8 Å². The van der Waals surface area contributed by atoms with Crippen molar-refractivity contribution < 1.29 is 8.81 Å². The van der Waals surface area contributed by atoms with Crippen molar-refractivity contribution in [3.05, 3.63) is 64.2 Å². The molecule has 2 aromatic heterocycles. The molecule has 4 aromatic rings. The van der Waals surface area contributed by atoms with Gasteiger partial charge in [-0.2, -0.15) is 4.98 Å². The summed E-state index contributed by atoms with van der Waals surface area (Å²) in [6.45, 7) is 0. The first kappa shape index (κ1) is 14.1. The molecule has 0 fully saturated rings. The van der Waals surface area contributed by atoms with Crippen LogP contribution in [0, 0.1) is 5.82 Å². The highest BCUT2D eigenvalue weighted by atomic mass is 35.5. The summed E-state index contributed by atoms with van der Waals surface area (Å²) in [4.78, 5) is 9.08. The van der Waals surface area contributed by atoms with Gasteiger partial charge in [0.2, 0.25) is 10.7 Å². The fourth-order valence-corrected chi connectivity index (χ4v) is 2.87. The predicted octanol–water partition coefficient (Wildman–Crippen LogP) is 4.08. The molecule has 0 atom stereocenters. The van der Waals surface area contributed by atoms with E-state index in [9.17, 15) is 4.39 Å². The molecule has 0 aliphatic carbocycles. The molecule has 0 unspecified atom stereocenters. The largest absolute Gasteiger partial charge is 0.402 e. The molecule has 0 saturated carbocycles. The van der Waals surface area contributed by atoms with Crippen molar-refractivity contribution in [3.63, 3.8) is 0 Å². The van der Waals surface area contributed by atoms with Crippen molar-refractivity contribution in [2.24, 2.45) is 4.99 Å². The van der Waals surface area contributed by atoms with Crippen molar-refractivity contribution in [2.75, 3.05) is 0 Å². The first-order valence-corrected chi connectivity index (χ1v) is 7.76. The zero-order valence-corrected chi connectivity index (χ0v) is 13.1. The molecule has 2 aromatic carbocycles. The van der Waals surface area contributed by atoms with Crippen molar-refractivity contribution in [1.29, 1.82) is 0 Å². The highest BCUT2D eigenvalue weighted by molar-refractivity contribution is 7.03. The third-order valence-electron chi connectivity index (χ3n) is 3.03. The van der Waals surface area contributed by atoms with E-state index in [1.807, 2.05) is 12.1 Å². The lowest BCUT2D eigenvalue weighted by molar-refractivity contribution is 0.599. The van der Waals surface area contributed by atoms with Gasteiger partial charge < -0.3 is 4.42 Å². The standard InChI is InChI=1S/C15H8ClFN4OS/c16-11-6-1-2-7-12(11)18-14-19-15-21(23-14)20-13(22-15)9-4-3-5-10(17)8-9/h1-8H. The summed E-state index contributed by atoms with van der Waals surface area (Å²) < 4.78 is 20.3. The van der Waals surface area contributed by atoms with Gasteiger partial charge in [0.25, 0.3) is 0 Å². The molecule has 5 nitrogen and oxygen atoms in total. The lowest BCUT2D eigenvalue weighted by Crippen LogP contribution is -1.95. The Labute approximate surface area is 138 Å². The molecule has 114 valence electrons. The fraction of sp³-hybridized carbons (Fsp3) is 0. The van der Waals surface area contributed by atoms with E-state index >= 15 is 0 Å². The Morgan fingerprint density at radius 3 is 2.83 bits per heavy atom. The molecule has 0 aliphatic heterocycles. The summed E-state index contributed by atoms with van der Waals surface area (Å²) in [6.07, 6.45) is 0. The van der Waals surface area contributed by atoms with Gasteiger partial charge in [-0.1, -0.05) is 29.8 Å². The number of halogens is 2. The second-order valence-corrected chi connectivity index (χ2v) is 5.92. The number of para-hydroxylation sites is 1. The maximum Gasteiger partial charge on any atom is 0.337 e. The quantitative estimate of drug-likeness (QED) is 0.549. The normalized spacial score (nSPS) is 12.2. The van der Waals surface area contributed by atoms with Gasteiger partial charge in [0.05, 0.1) is 10.7 Å². The summed E-state index contributed by atoms with van der Waals surface area (Å²) in [6, 6.07) is 13.2. The lowest BCUT2D eigenvalue weighted by atomic mass is 10.2. The van der Waals surface area contributed by atoms with Crippen LogP contribution in [0.3, 0.4) is 0 Å². The van der Waals surface area contributed by atoms with Gasteiger partial charge in [-0.25, -0.2) is 9.38 Å². The molecule has 0 bridgehead atoms. The van der Waals surface area contributed by atoms with Gasteiger partial charge in [0, 0.05) is 17.1 Å². The molecule has 0 saturated heterocycles. The third kappa shape index (κ3) is 2.76. The molecule has 0 N–H and O–H groups in total. The predicted molar refractivity (Wildman–Crippen MR) is 85.2 cm³/mol. The minimum Gasteiger partial charge on any atom is -0.402 e. The second-order valence-electron chi connectivity index (χ2n) is 4.62. The van der Waals surface area contributed by atoms with Crippen LogP contribution in [0.1, 0.15) is 0 Å². The monoisotopic (exact) mass is 346 g/mol. The average Bonchev–Trinajstić information content (AvgIpc) is 3.08. The van der Waals surface area contributed by atoms with E-state index in [2.05, 4.69) is 15.1 Å². The highest BCUT2D eigenvalue weighted by Crippen LogP contribution is 2.23. The number of benzene rings is 2. The van der Waals surface area contributed by atoms with Gasteiger partial charge in [-0.15, -0.1) is 9.00 Å². The molecule has 2 heterocycles. The van der Waals surface area contributed by atoms with Gasteiger partial charge in [0.1, 0.15) is 5.82 Å². The fourth-order valence-electron chi connectivity index (χ4n) is 2.00. The van der Waals surface area contributed by atoms with Gasteiger partial charge in [-0.3, -0.25) is 0 Å². The SMILES string of the molecule is Fc1cccc(-c2nn3sc(=Nc4ccccc4Cl)nc3o2)c1. The summed E-state index contributed by atoms with van der Waals surface area (Å²) in [5.74, 6) is 0.240. The molecular weight excluding hydrogens is 339 g/mol. The molecule has 23 heavy (non-hydrogen) atoms. The Morgan fingerprint density at radius 2 is 2.04 bits per heavy atom. The Kier molecular flexibility index (Phi) is 3.44. The Morgan fingerprint density at radius 1 is 1.17 bits per heavy atom. The lowest BCUT2D eigenvalue weighted by Gasteiger charge is -1.94. The van der Waals surface area contributed by atoms with E-state index in [4.69, 9.17) is 16.0 Å². The summed E-state index contributed by atoms with van der Waals surface area (Å²) in [7, 11) is 0. The van der Waals surface area contributed by atoms with Crippen LogP contribution < -0.4 is 4.80 Å². The number of fused-ring (bicyclic) bond motifs is 1. The zero-order chi connectivity index (χ0) is 15.8. The van der Waals surface area contributed by atoms with E-state index in [1.54, 1.807) is 24.3 Å².